The molecule has 0 amide bonds. The first-order chi connectivity index (χ1) is 9.63. The number of nitrogens with zero attached hydrogens (tertiary/aromatic N) is 2. The van der Waals surface area contributed by atoms with E-state index in [1.165, 1.54) is 11.9 Å². The van der Waals surface area contributed by atoms with E-state index in [0.29, 0.717) is 5.82 Å². The average molecular weight is 271 g/mol. The zero-order valence-corrected chi connectivity index (χ0v) is 12.1. The van der Waals surface area contributed by atoms with Crippen LogP contribution in [-0.4, -0.2) is 9.97 Å². The third-order valence-corrected chi connectivity index (χ3v) is 3.25. The van der Waals surface area contributed by atoms with Gasteiger partial charge in [0.25, 0.3) is 0 Å². The van der Waals surface area contributed by atoms with Gasteiger partial charge in [0.1, 0.15) is 18.0 Å². The number of rotatable bonds is 5. The van der Waals surface area contributed by atoms with Crippen molar-refractivity contribution < 1.29 is 0 Å². The molecule has 2 aromatic rings. The lowest BCUT2D eigenvalue weighted by molar-refractivity contribution is 0.819. The van der Waals surface area contributed by atoms with Crippen LogP contribution in [0.2, 0.25) is 0 Å². The molecule has 1 atom stereocenters. The van der Waals surface area contributed by atoms with Crippen molar-refractivity contribution in [1.29, 1.82) is 0 Å². The SMILES string of the molecule is CC(C)c1c(NN)ncnc1NC(C)c1ccccc1. The Bertz CT molecular complexity index is 553. The van der Waals surface area contributed by atoms with Gasteiger partial charge in [0.2, 0.25) is 0 Å². The van der Waals surface area contributed by atoms with E-state index in [9.17, 15) is 0 Å². The van der Waals surface area contributed by atoms with Crippen molar-refractivity contribution in [3.8, 4) is 0 Å². The molecule has 0 radical (unpaired) electrons. The van der Waals surface area contributed by atoms with Gasteiger partial charge in [-0.1, -0.05) is 44.2 Å². The van der Waals surface area contributed by atoms with Gasteiger partial charge in [-0.05, 0) is 18.4 Å². The van der Waals surface area contributed by atoms with Crippen molar-refractivity contribution in [3.05, 3.63) is 47.8 Å². The Labute approximate surface area is 119 Å². The molecule has 106 valence electrons. The summed E-state index contributed by atoms with van der Waals surface area (Å²) in [5.74, 6) is 7.29. The predicted molar refractivity (Wildman–Crippen MR) is 82.4 cm³/mol. The molecule has 0 saturated carbocycles. The second kappa shape index (κ2) is 6.34. The number of benzene rings is 1. The van der Waals surface area contributed by atoms with Crippen LogP contribution in [-0.2, 0) is 0 Å². The largest absolute Gasteiger partial charge is 0.363 e. The standard InChI is InChI=1S/C15H21N5/c1-10(2)13-14(17-9-18-15(13)20-16)19-11(3)12-7-5-4-6-8-12/h4-11H,16H2,1-3H3,(H2,17,18,19,20). The average Bonchev–Trinajstić information content (AvgIpc) is 2.47. The third-order valence-electron chi connectivity index (χ3n) is 3.25. The first-order valence-corrected chi connectivity index (χ1v) is 6.76. The molecule has 0 bridgehead atoms. The third kappa shape index (κ3) is 3.05. The molecule has 5 nitrogen and oxygen atoms in total. The van der Waals surface area contributed by atoms with E-state index in [1.807, 2.05) is 18.2 Å². The van der Waals surface area contributed by atoms with Gasteiger partial charge in [0, 0.05) is 11.6 Å². The normalized spacial score (nSPS) is 12.2. The summed E-state index contributed by atoms with van der Waals surface area (Å²) in [6.45, 7) is 6.30. The van der Waals surface area contributed by atoms with E-state index in [4.69, 9.17) is 5.84 Å². The molecule has 1 unspecified atom stereocenters. The van der Waals surface area contributed by atoms with Gasteiger partial charge in [-0.25, -0.2) is 15.8 Å². The Hall–Kier alpha value is -2.14. The minimum Gasteiger partial charge on any atom is -0.363 e. The van der Waals surface area contributed by atoms with Crippen molar-refractivity contribution >= 4 is 11.6 Å². The molecule has 0 aliphatic rings. The lowest BCUT2D eigenvalue weighted by atomic mass is 10.0. The number of aromatic nitrogens is 2. The van der Waals surface area contributed by atoms with Crippen molar-refractivity contribution in [3.63, 3.8) is 0 Å². The summed E-state index contributed by atoms with van der Waals surface area (Å²) in [6, 6.07) is 10.4. The Kier molecular flexibility index (Phi) is 4.53. The van der Waals surface area contributed by atoms with E-state index in [0.717, 1.165) is 11.4 Å². The van der Waals surface area contributed by atoms with E-state index in [-0.39, 0.29) is 12.0 Å². The fourth-order valence-corrected chi connectivity index (χ4v) is 2.20. The number of hydrazine groups is 1. The number of anilines is 2. The summed E-state index contributed by atoms with van der Waals surface area (Å²) in [7, 11) is 0. The smallest absolute Gasteiger partial charge is 0.148 e. The number of hydrogen-bond acceptors (Lipinski definition) is 5. The molecule has 0 fully saturated rings. The summed E-state index contributed by atoms with van der Waals surface area (Å²) >= 11 is 0. The minimum atomic E-state index is 0.161. The summed E-state index contributed by atoms with van der Waals surface area (Å²) < 4.78 is 0. The maximum Gasteiger partial charge on any atom is 0.148 e. The van der Waals surface area contributed by atoms with E-state index < -0.39 is 0 Å². The Morgan fingerprint density at radius 3 is 2.25 bits per heavy atom. The van der Waals surface area contributed by atoms with E-state index in [1.54, 1.807) is 0 Å². The van der Waals surface area contributed by atoms with Gasteiger partial charge in [-0.15, -0.1) is 0 Å². The zero-order valence-electron chi connectivity index (χ0n) is 12.1. The number of nitrogens with two attached hydrogens (primary N) is 1. The lowest BCUT2D eigenvalue weighted by Crippen LogP contribution is -2.16. The highest BCUT2D eigenvalue weighted by molar-refractivity contribution is 5.59. The van der Waals surface area contributed by atoms with Crippen molar-refractivity contribution in [2.75, 3.05) is 10.7 Å². The maximum absolute atomic E-state index is 5.53. The molecule has 1 aromatic carbocycles. The molecule has 0 aliphatic heterocycles. The van der Waals surface area contributed by atoms with E-state index >= 15 is 0 Å². The summed E-state index contributed by atoms with van der Waals surface area (Å²) in [5, 5.41) is 3.44. The molecule has 2 rings (SSSR count). The highest BCUT2D eigenvalue weighted by atomic mass is 15.3. The van der Waals surface area contributed by atoms with E-state index in [2.05, 4.69) is 53.6 Å². The van der Waals surface area contributed by atoms with Crippen molar-refractivity contribution in [2.45, 2.75) is 32.7 Å². The molecule has 5 heteroatoms. The molecular formula is C15H21N5. The molecule has 1 aromatic heterocycles. The highest BCUT2D eigenvalue weighted by Crippen LogP contribution is 2.30. The van der Waals surface area contributed by atoms with Crippen LogP contribution >= 0.6 is 0 Å². The highest BCUT2D eigenvalue weighted by Gasteiger charge is 2.16. The maximum atomic E-state index is 5.53. The Balaban J connectivity index is 2.29. The van der Waals surface area contributed by atoms with Crippen molar-refractivity contribution in [2.24, 2.45) is 5.84 Å². The van der Waals surface area contributed by atoms with Gasteiger partial charge in [-0.3, -0.25) is 0 Å². The van der Waals surface area contributed by atoms with Crippen molar-refractivity contribution in [1.82, 2.24) is 9.97 Å². The summed E-state index contributed by atoms with van der Waals surface area (Å²) in [4.78, 5) is 8.53. The van der Waals surface area contributed by atoms with Crippen LogP contribution in [0, 0.1) is 0 Å². The predicted octanol–water partition coefficient (Wildman–Crippen LogP) is 3.06. The van der Waals surface area contributed by atoms with Crippen LogP contribution < -0.4 is 16.6 Å². The Morgan fingerprint density at radius 2 is 1.65 bits per heavy atom. The molecule has 0 spiro atoms. The van der Waals surface area contributed by atoms with Gasteiger partial charge >= 0.3 is 0 Å². The lowest BCUT2D eigenvalue weighted by Gasteiger charge is -2.20. The quantitative estimate of drug-likeness (QED) is 0.575. The van der Waals surface area contributed by atoms with Crippen LogP contribution in [0.5, 0.6) is 0 Å². The molecule has 0 aliphatic carbocycles. The zero-order chi connectivity index (χ0) is 14.5. The topological polar surface area (TPSA) is 75.9 Å². The second-order valence-corrected chi connectivity index (χ2v) is 5.06. The monoisotopic (exact) mass is 271 g/mol. The van der Waals surface area contributed by atoms with Crippen LogP contribution in [0.1, 0.15) is 43.9 Å². The van der Waals surface area contributed by atoms with Gasteiger partial charge in [0.15, 0.2) is 0 Å². The molecule has 0 saturated heterocycles. The minimum absolute atomic E-state index is 0.161. The van der Waals surface area contributed by atoms with Crippen LogP contribution in [0.4, 0.5) is 11.6 Å². The molecule has 4 N–H and O–H groups in total. The molecule has 20 heavy (non-hydrogen) atoms. The number of nitrogen functional groups attached to an aromatic ring is 1. The molecule has 1 heterocycles. The summed E-state index contributed by atoms with van der Waals surface area (Å²) in [5.41, 5.74) is 4.85. The van der Waals surface area contributed by atoms with Crippen LogP contribution in [0.3, 0.4) is 0 Å². The van der Waals surface area contributed by atoms with Crippen LogP contribution in [0.25, 0.3) is 0 Å². The summed E-state index contributed by atoms with van der Waals surface area (Å²) in [6.07, 6.45) is 1.52. The van der Waals surface area contributed by atoms with Gasteiger partial charge in [0.05, 0.1) is 0 Å². The second-order valence-electron chi connectivity index (χ2n) is 5.06. The number of hydrogen-bond donors (Lipinski definition) is 3. The Morgan fingerprint density at radius 1 is 1.00 bits per heavy atom. The first-order valence-electron chi connectivity index (χ1n) is 6.76. The van der Waals surface area contributed by atoms with Crippen LogP contribution in [0.15, 0.2) is 36.7 Å². The van der Waals surface area contributed by atoms with Gasteiger partial charge < -0.3 is 10.7 Å². The first kappa shape index (κ1) is 14.3. The fourth-order valence-electron chi connectivity index (χ4n) is 2.20. The molecular weight excluding hydrogens is 250 g/mol. The van der Waals surface area contributed by atoms with Gasteiger partial charge in [-0.2, -0.15) is 0 Å². The fraction of sp³-hybridized carbons (Fsp3) is 0.333. The number of nitrogens with one attached hydrogen (secondary N) is 2.